The van der Waals surface area contributed by atoms with Gasteiger partial charge in [-0.05, 0) is 55.4 Å². The predicted octanol–water partition coefficient (Wildman–Crippen LogP) is 3.28. The molecule has 1 aliphatic heterocycles. The van der Waals surface area contributed by atoms with E-state index < -0.39 is 5.54 Å². The monoisotopic (exact) mass is 342 g/mol. The molecule has 4 rings (SSSR count). The quantitative estimate of drug-likeness (QED) is 0.823. The van der Waals surface area contributed by atoms with Crippen LogP contribution in [0.25, 0.3) is 0 Å². The molecule has 2 N–H and O–H groups in total. The molecule has 25 heavy (non-hydrogen) atoms. The third-order valence-corrected chi connectivity index (χ3v) is 6.72. The average molecular weight is 342 g/mol. The predicted molar refractivity (Wildman–Crippen MR) is 95.2 cm³/mol. The first kappa shape index (κ1) is 16.5. The third-order valence-electron chi connectivity index (χ3n) is 6.72. The van der Waals surface area contributed by atoms with Crippen LogP contribution in [0, 0.1) is 5.41 Å². The lowest BCUT2D eigenvalue weighted by molar-refractivity contribution is 0.0767. The fourth-order valence-electron chi connectivity index (χ4n) is 5.36. The highest BCUT2D eigenvalue weighted by Crippen LogP contribution is 2.62. The summed E-state index contributed by atoms with van der Waals surface area (Å²) in [7, 11) is 3.56. The first-order chi connectivity index (χ1) is 11.9. The fourth-order valence-corrected chi connectivity index (χ4v) is 5.36. The third kappa shape index (κ3) is 2.08. The summed E-state index contributed by atoms with van der Waals surface area (Å²) >= 11 is 0. The van der Waals surface area contributed by atoms with Crippen molar-refractivity contribution < 1.29 is 14.6 Å². The molecular weight excluding hydrogens is 316 g/mol. The highest BCUT2D eigenvalue weighted by atomic mass is 16.5. The van der Waals surface area contributed by atoms with Crippen LogP contribution in [-0.4, -0.2) is 36.3 Å². The van der Waals surface area contributed by atoms with Crippen molar-refractivity contribution in [3.05, 3.63) is 41.6 Å². The van der Waals surface area contributed by atoms with Gasteiger partial charge in [-0.2, -0.15) is 0 Å². The van der Waals surface area contributed by atoms with Gasteiger partial charge in [0.2, 0.25) is 0 Å². The van der Waals surface area contributed by atoms with Gasteiger partial charge in [-0.15, -0.1) is 0 Å². The van der Waals surface area contributed by atoms with Crippen molar-refractivity contribution >= 4 is 6.03 Å². The van der Waals surface area contributed by atoms with Crippen LogP contribution in [0.3, 0.4) is 0 Å². The summed E-state index contributed by atoms with van der Waals surface area (Å²) in [5, 5.41) is 13.4. The summed E-state index contributed by atoms with van der Waals surface area (Å²) in [6, 6.07) is 5.43. The number of nitrogens with zero attached hydrogens (tertiary/aromatic N) is 1. The standard InChI is InChI=1S/C20H26N2O3/c1-13-20(21-18(24)22(13)2)17-11-15(23)7-6-14(17)12-19(20)9-4-5-16(25-3)8-10-19/h6-7,11,16,23H,1,4-5,8-10,12H2,2-3H3,(H,21,24). The van der Waals surface area contributed by atoms with E-state index in [0.717, 1.165) is 49.8 Å². The van der Waals surface area contributed by atoms with Gasteiger partial charge in [0.05, 0.1) is 6.10 Å². The van der Waals surface area contributed by atoms with Gasteiger partial charge in [-0.1, -0.05) is 19.1 Å². The zero-order valence-electron chi connectivity index (χ0n) is 15.0. The molecule has 5 heteroatoms. The SMILES string of the molecule is C=C1N(C)C(=O)NC12c1cc(O)ccc1CC21CCCC(OC)CC1. The van der Waals surface area contributed by atoms with E-state index in [2.05, 4.69) is 11.9 Å². The van der Waals surface area contributed by atoms with Crippen LogP contribution < -0.4 is 5.32 Å². The van der Waals surface area contributed by atoms with Crippen molar-refractivity contribution in [3.63, 3.8) is 0 Å². The Kier molecular flexibility index (Phi) is 3.62. The molecule has 1 aromatic carbocycles. The Labute approximate surface area is 148 Å². The van der Waals surface area contributed by atoms with E-state index >= 15 is 0 Å². The molecule has 1 heterocycles. The highest BCUT2D eigenvalue weighted by molar-refractivity contribution is 5.83. The first-order valence-corrected chi connectivity index (χ1v) is 9.04. The Morgan fingerprint density at radius 3 is 2.84 bits per heavy atom. The number of hydrogen-bond acceptors (Lipinski definition) is 3. The van der Waals surface area contributed by atoms with Crippen molar-refractivity contribution in [2.24, 2.45) is 5.41 Å². The molecule has 3 aliphatic rings. The molecule has 1 saturated heterocycles. The second-order valence-corrected chi connectivity index (χ2v) is 7.77. The number of nitrogens with one attached hydrogen (secondary N) is 1. The number of likely N-dealkylation sites (N-methyl/N-ethyl adjacent to an activating group) is 1. The molecule has 134 valence electrons. The van der Waals surface area contributed by atoms with Crippen LogP contribution >= 0.6 is 0 Å². The number of methoxy groups -OCH3 is 1. The van der Waals surface area contributed by atoms with E-state index in [4.69, 9.17) is 4.74 Å². The zero-order valence-corrected chi connectivity index (χ0v) is 15.0. The summed E-state index contributed by atoms with van der Waals surface area (Å²) in [6.45, 7) is 4.30. The van der Waals surface area contributed by atoms with Crippen molar-refractivity contribution in [1.29, 1.82) is 0 Å². The molecule has 0 radical (unpaired) electrons. The number of amides is 2. The molecule has 0 bridgehead atoms. The lowest BCUT2D eigenvalue weighted by atomic mass is 9.64. The second kappa shape index (κ2) is 5.49. The number of fused-ring (bicyclic) bond motifs is 3. The minimum Gasteiger partial charge on any atom is -0.508 e. The number of aromatic hydroxyl groups is 1. The van der Waals surface area contributed by atoms with Gasteiger partial charge in [0.15, 0.2) is 0 Å². The lowest BCUT2D eigenvalue weighted by Crippen LogP contribution is -2.51. The molecule has 2 fully saturated rings. The smallest absolute Gasteiger partial charge is 0.322 e. The molecule has 2 spiro atoms. The van der Waals surface area contributed by atoms with Crippen molar-refractivity contribution in [2.45, 2.75) is 50.2 Å². The Morgan fingerprint density at radius 2 is 2.16 bits per heavy atom. The number of phenols is 1. The maximum absolute atomic E-state index is 12.5. The highest BCUT2D eigenvalue weighted by Gasteiger charge is 2.63. The summed E-state index contributed by atoms with van der Waals surface area (Å²) < 4.78 is 5.63. The Bertz CT molecular complexity index is 746. The summed E-state index contributed by atoms with van der Waals surface area (Å²) in [4.78, 5) is 14.2. The van der Waals surface area contributed by atoms with E-state index in [1.165, 1.54) is 5.56 Å². The van der Waals surface area contributed by atoms with E-state index in [1.807, 2.05) is 12.1 Å². The topological polar surface area (TPSA) is 61.8 Å². The molecule has 1 aromatic rings. The molecule has 3 atom stereocenters. The fraction of sp³-hybridized carbons (Fsp3) is 0.550. The normalized spacial score (nSPS) is 34.5. The Morgan fingerprint density at radius 1 is 1.36 bits per heavy atom. The van der Waals surface area contributed by atoms with Gasteiger partial charge in [0.1, 0.15) is 11.3 Å². The zero-order chi connectivity index (χ0) is 17.8. The largest absolute Gasteiger partial charge is 0.508 e. The van der Waals surface area contributed by atoms with Crippen LogP contribution in [0.1, 0.15) is 43.2 Å². The van der Waals surface area contributed by atoms with Crippen LogP contribution in [0.15, 0.2) is 30.5 Å². The first-order valence-electron chi connectivity index (χ1n) is 9.04. The van der Waals surface area contributed by atoms with Crippen LogP contribution in [0.2, 0.25) is 0 Å². The number of carbonyl (C=O) groups is 1. The van der Waals surface area contributed by atoms with Crippen LogP contribution in [0.4, 0.5) is 4.79 Å². The summed E-state index contributed by atoms with van der Waals surface area (Å²) in [6.07, 6.45) is 6.23. The summed E-state index contributed by atoms with van der Waals surface area (Å²) in [5.41, 5.74) is 2.25. The molecule has 3 unspecified atom stereocenters. The molecule has 0 aromatic heterocycles. The number of benzene rings is 1. The molecule has 5 nitrogen and oxygen atoms in total. The maximum Gasteiger partial charge on any atom is 0.322 e. The molecular formula is C20H26N2O3. The Balaban J connectivity index is 1.88. The molecule has 1 saturated carbocycles. The van der Waals surface area contributed by atoms with Gasteiger partial charge in [0.25, 0.3) is 0 Å². The van der Waals surface area contributed by atoms with Gasteiger partial charge in [-0.3, -0.25) is 4.90 Å². The summed E-state index contributed by atoms with van der Waals surface area (Å²) in [5.74, 6) is 0.232. The van der Waals surface area contributed by atoms with E-state index in [-0.39, 0.29) is 23.3 Å². The number of rotatable bonds is 1. The van der Waals surface area contributed by atoms with E-state index in [0.29, 0.717) is 0 Å². The number of phenolic OH excluding ortho intramolecular Hbond substituents is 1. The Hall–Kier alpha value is -2.01. The van der Waals surface area contributed by atoms with Crippen molar-refractivity contribution in [2.75, 3.05) is 14.2 Å². The van der Waals surface area contributed by atoms with E-state index in [1.54, 1.807) is 25.1 Å². The van der Waals surface area contributed by atoms with Gasteiger partial charge in [-0.25, -0.2) is 4.79 Å². The number of carbonyl (C=O) groups excluding carboxylic acids is 1. The minimum absolute atomic E-state index is 0.117. The number of urea groups is 1. The van der Waals surface area contributed by atoms with Crippen LogP contribution in [-0.2, 0) is 16.7 Å². The van der Waals surface area contributed by atoms with Crippen molar-refractivity contribution in [3.8, 4) is 5.75 Å². The number of hydrogen-bond donors (Lipinski definition) is 2. The molecule has 2 aliphatic carbocycles. The maximum atomic E-state index is 12.5. The number of ether oxygens (including phenoxy) is 1. The van der Waals surface area contributed by atoms with Gasteiger partial charge < -0.3 is 15.2 Å². The molecule has 2 amide bonds. The van der Waals surface area contributed by atoms with Gasteiger partial charge in [0, 0.05) is 25.3 Å². The van der Waals surface area contributed by atoms with E-state index in [9.17, 15) is 9.90 Å². The van der Waals surface area contributed by atoms with Crippen molar-refractivity contribution in [1.82, 2.24) is 10.2 Å². The lowest BCUT2D eigenvalue weighted by Gasteiger charge is -2.44. The average Bonchev–Trinajstić information content (AvgIpc) is 2.87. The minimum atomic E-state index is -0.629. The van der Waals surface area contributed by atoms with Gasteiger partial charge >= 0.3 is 6.03 Å². The van der Waals surface area contributed by atoms with Crippen LogP contribution in [0.5, 0.6) is 5.75 Å². The second-order valence-electron chi connectivity index (χ2n) is 7.77.